The molecule has 1 N–H and O–H groups in total. The third kappa shape index (κ3) is 5.40. The van der Waals surface area contributed by atoms with Crippen molar-refractivity contribution in [3.05, 3.63) is 40.9 Å². The Bertz CT molecular complexity index is 714. The van der Waals surface area contributed by atoms with Gasteiger partial charge in [-0.3, -0.25) is 4.99 Å². The molecule has 0 amide bonds. The first-order valence-corrected chi connectivity index (χ1v) is 9.50. The number of benzene rings is 1. The summed E-state index contributed by atoms with van der Waals surface area (Å²) in [5, 5.41) is 4.54. The van der Waals surface area contributed by atoms with Crippen molar-refractivity contribution < 1.29 is 4.74 Å². The van der Waals surface area contributed by atoms with Gasteiger partial charge in [-0.2, -0.15) is 0 Å². The van der Waals surface area contributed by atoms with Crippen molar-refractivity contribution in [2.45, 2.75) is 19.9 Å². The highest BCUT2D eigenvalue weighted by atomic mass is 127. The van der Waals surface area contributed by atoms with E-state index in [2.05, 4.69) is 41.3 Å². The molecule has 1 fully saturated rings. The molecular weight excluding hydrogens is 459 g/mol. The van der Waals surface area contributed by atoms with Crippen LogP contribution in [0.2, 0.25) is 0 Å². The molecule has 1 atom stereocenters. The highest BCUT2D eigenvalue weighted by molar-refractivity contribution is 14.0. The van der Waals surface area contributed by atoms with E-state index >= 15 is 0 Å². The second-order valence-corrected chi connectivity index (χ2v) is 7.49. The van der Waals surface area contributed by atoms with Gasteiger partial charge in [-0.15, -0.1) is 35.3 Å². The number of guanidine groups is 1. The molecule has 26 heavy (non-hydrogen) atoms. The molecule has 7 heteroatoms. The van der Waals surface area contributed by atoms with Crippen LogP contribution in [0.3, 0.4) is 0 Å². The number of hydrogen-bond donors (Lipinski definition) is 1. The molecule has 1 unspecified atom stereocenters. The standard InChI is InChI=1S/C19H26N4OS.HI/c1-14-17(25-18(22-14)16-7-5-4-6-8-16)11-21-19(20-2)23(3)12-15-9-10-24-13-15;/h4-8,15H,9-13H2,1-3H3,(H,20,21);1H. The molecule has 2 aromatic rings. The largest absolute Gasteiger partial charge is 0.381 e. The van der Waals surface area contributed by atoms with Crippen molar-refractivity contribution in [2.24, 2.45) is 10.9 Å². The lowest BCUT2D eigenvalue weighted by Crippen LogP contribution is -2.41. The number of aliphatic imine (C=N–C) groups is 1. The molecule has 1 aliphatic heterocycles. The number of thiazole rings is 1. The van der Waals surface area contributed by atoms with Crippen LogP contribution in [0.5, 0.6) is 0 Å². The van der Waals surface area contributed by atoms with Crippen LogP contribution in [0.15, 0.2) is 35.3 Å². The summed E-state index contributed by atoms with van der Waals surface area (Å²) >= 11 is 1.74. The van der Waals surface area contributed by atoms with Crippen LogP contribution in [-0.4, -0.2) is 49.7 Å². The molecule has 2 heterocycles. The highest BCUT2D eigenvalue weighted by Gasteiger charge is 2.19. The quantitative estimate of drug-likeness (QED) is 0.397. The molecule has 1 aromatic heterocycles. The van der Waals surface area contributed by atoms with E-state index in [1.807, 2.05) is 25.2 Å². The smallest absolute Gasteiger partial charge is 0.193 e. The second-order valence-electron chi connectivity index (χ2n) is 6.40. The Labute approximate surface area is 176 Å². The van der Waals surface area contributed by atoms with Gasteiger partial charge in [0.2, 0.25) is 0 Å². The third-order valence-electron chi connectivity index (χ3n) is 4.45. The van der Waals surface area contributed by atoms with Gasteiger partial charge in [-0.1, -0.05) is 30.3 Å². The molecule has 142 valence electrons. The molecule has 0 saturated carbocycles. The molecule has 1 aliphatic rings. The van der Waals surface area contributed by atoms with Crippen molar-refractivity contribution >= 4 is 41.3 Å². The number of rotatable bonds is 5. The molecule has 3 rings (SSSR count). The first kappa shape index (κ1) is 21.1. The van der Waals surface area contributed by atoms with Gasteiger partial charge in [0.1, 0.15) is 5.01 Å². The Morgan fingerprint density at radius 3 is 2.81 bits per heavy atom. The minimum absolute atomic E-state index is 0. The van der Waals surface area contributed by atoms with E-state index in [0.717, 1.165) is 49.4 Å². The number of halogens is 1. The van der Waals surface area contributed by atoms with Crippen LogP contribution in [0.4, 0.5) is 0 Å². The fraction of sp³-hybridized carbons (Fsp3) is 0.474. The van der Waals surface area contributed by atoms with Gasteiger partial charge < -0.3 is 15.0 Å². The molecule has 1 saturated heterocycles. The van der Waals surface area contributed by atoms with Crippen LogP contribution < -0.4 is 5.32 Å². The minimum atomic E-state index is 0. The Kier molecular flexibility index (Phi) is 8.30. The molecule has 0 aliphatic carbocycles. The van der Waals surface area contributed by atoms with Gasteiger partial charge in [0.25, 0.3) is 0 Å². The minimum Gasteiger partial charge on any atom is -0.381 e. The summed E-state index contributed by atoms with van der Waals surface area (Å²) in [6.45, 7) is 5.52. The third-order valence-corrected chi connectivity index (χ3v) is 5.66. The number of aromatic nitrogens is 1. The van der Waals surface area contributed by atoms with Crippen molar-refractivity contribution in [1.82, 2.24) is 15.2 Å². The maximum atomic E-state index is 5.47. The Morgan fingerprint density at radius 1 is 1.38 bits per heavy atom. The average molecular weight is 486 g/mol. The van der Waals surface area contributed by atoms with Gasteiger partial charge in [0, 0.05) is 43.6 Å². The Balaban J connectivity index is 0.00000243. The van der Waals surface area contributed by atoms with Crippen LogP contribution in [0.25, 0.3) is 10.6 Å². The summed E-state index contributed by atoms with van der Waals surface area (Å²) in [7, 11) is 3.92. The Morgan fingerprint density at radius 2 is 2.15 bits per heavy atom. The van der Waals surface area contributed by atoms with E-state index in [-0.39, 0.29) is 24.0 Å². The van der Waals surface area contributed by atoms with Crippen LogP contribution in [0, 0.1) is 12.8 Å². The van der Waals surface area contributed by atoms with E-state index in [0.29, 0.717) is 5.92 Å². The first-order valence-electron chi connectivity index (χ1n) is 8.68. The number of nitrogens with zero attached hydrogens (tertiary/aromatic N) is 3. The fourth-order valence-electron chi connectivity index (χ4n) is 3.04. The van der Waals surface area contributed by atoms with Gasteiger partial charge in [0.05, 0.1) is 18.8 Å². The van der Waals surface area contributed by atoms with E-state index < -0.39 is 0 Å². The van der Waals surface area contributed by atoms with Crippen LogP contribution >= 0.6 is 35.3 Å². The summed E-state index contributed by atoms with van der Waals surface area (Å²) in [4.78, 5) is 12.6. The normalized spacial score (nSPS) is 17.0. The van der Waals surface area contributed by atoms with Gasteiger partial charge >= 0.3 is 0 Å². The number of ether oxygens (including phenoxy) is 1. The van der Waals surface area contributed by atoms with Gasteiger partial charge in [0.15, 0.2) is 5.96 Å². The fourth-order valence-corrected chi connectivity index (χ4v) is 4.05. The number of hydrogen-bond acceptors (Lipinski definition) is 4. The van der Waals surface area contributed by atoms with Crippen LogP contribution in [-0.2, 0) is 11.3 Å². The average Bonchev–Trinajstić information content (AvgIpc) is 3.26. The summed E-state index contributed by atoms with van der Waals surface area (Å²) < 4.78 is 5.47. The van der Waals surface area contributed by atoms with Crippen molar-refractivity contribution in [3.63, 3.8) is 0 Å². The van der Waals surface area contributed by atoms with Crippen molar-refractivity contribution in [1.29, 1.82) is 0 Å². The van der Waals surface area contributed by atoms with E-state index in [1.54, 1.807) is 11.3 Å². The molecular formula is C19H27IN4OS. The van der Waals surface area contributed by atoms with E-state index in [4.69, 9.17) is 9.72 Å². The zero-order valence-electron chi connectivity index (χ0n) is 15.6. The summed E-state index contributed by atoms with van der Waals surface area (Å²) in [5.41, 5.74) is 2.25. The molecule has 5 nitrogen and oxygen atoms in total. The topological polar surface area (TPSA) is 49.8 Å². The number of nitrogens with one attached hydrogen (secondary N) is 1. The molecule has 0 spiro atoms. The highest BCUT2D eigenvalue weighted by Crippen LogP contribution is 2.27. The van der Waals surface area contributed by atoms with Crippen LogP contribution in [0.1, 0.15) is 17.0 Å². The van der Waals surface area contributed by atoms with Gasteiger partial charge in [-0.05, 0) is 13.3 Å². The summed E-state index contributed by atoms with van der Waals surface area (Å²) in [6.07, 6.45) is 1.13. The van der Waals surface area contributed by atoms with Crippen molar-refractivity contribution in [2.75, 3.05) is 33.9 Å². The lowest BCUT2D eigenvalue weighted by molar-refractivity contribution is 0.181. The van der Waals surface area contributed by atoms with Crippen molar-refractivity contribution in [3.8, 4) is 10.6 Å². The lowest BCUT2D eigenvalue weighted by Gasteiger charge is -2.24. The maximum absolute atomic E-state index is 5.47. The monoisotopic (exact) mass is 486 g/mol. The molecule has 0 radical (unpaired) electrons. The lowest BCUT2D eigenvalue weighted by atomic mass is 10.1. The van der Waals surface area contributed by atoms with E-state index in [1.165, 1.54) is 10.4 Å². The Hall–Kier alpha value is -1.19. The second kappa shape index (κ2) is 10.2. The zero-order valence-corrected chi connectivity index (χ0v) is 18.7. The summed E-state index contributed by atoms with van der Waals surface area (Å²) in [5.74, 6) is 1.51. The predicted octanol–water partition coefficient (Wildman–Crippen LogP) is 3.78. The predicted molar refractivity (Wildman–Crippen MR) is 119 cm³/mol. The van der Waals surface area contributed by atoms with E-state index in [9.17, 15) is 0 Å². The molecule has 0 bridgehead atoms. The zero-order chi connectivity index (χ0) is 17.6. The molecule has 1 aromatic carbocycles. The number of aryl methyl sites for hydroxylation is 1. The SMILES string of the molecule is CN=C(NCc1sc(-c2ccccc2)nc1C)N(C)CC1CCOC1.I. The first-order chi connectivity index (χ1) is 12.2. The summed E-state index contributed by atoms with van der Waals surface area (Å²) in [6, 6.07) is 10.3. The van der Waals surface area contributed by atoms with Gasteiger partial charge in [-0.25, -0.2) is 4.98 Å². The maximum Gasteiger partial charge on any atom is 0.193 e.